The van der Waals surface area contributed by atoms with Crippen molar-refractivity contribution in [2.75, 3.05) is 7.11 Å². The van der Waals surface area contributed by atoms with E-state index in [0.717, 1.165) is 24.2 Å². The summed E-state index contributed by atoms with van der Waals surface area (Å²) in [5, 5.41) is 0. The van der Waals surface area contributed by atoms with Crippen molar-refractivity contribution in [3.8, 4) is 5.75 Å². The second-order valence-corrected chi connectivity index (χ2v) is 4.15. The van der Waals surface area contributed by atoms with E-state index in [9.17, 15) is 0 Å². The van der Waals surface area contributed by atoms with Crippen LogP contribution in [0.1, 0.15) is 11.1 Å². The van der Waals surface area contributed by atoms with Gasteiger partial charge in [0.15, 0.2) is 0 Å². The van der Waals surface area contributed by atoms with E-state index in [4.69, 9.17) is 14.9 Å². The van der Waals surface area contributed by atoms with E-state index in [1.807, 2.05) is 30.3 Å². The minimum atomic E-state index is 0.112. The highest BCUT2D eigenvalue weighted by Gasteiger charge is 2.06. The molecule has 2 aromatic rings. The molecule has 3 nitrogen and oxygen atoms in total. The molecule has 2 rings (SSSR count). The van der Waals surface area contributed by atoms with Crippen molar-refractivity contribution in [1.29, 1.82) is 0 Å². The fourth-order valence-corrected chi connectivity index (χ4v) is 1.85. The zero-order valence-electron chi connectivity index (χ0n) is 9.93. The van der Waals surface area contributed by atoms with Gasteiger partial charge in [0.05, 0.1) is 19.6 Å². The average Bonchev–Trinajstić information content (AvgIpc) is 2.82. The van der Waals surface area contributed by atoms with Crippen molar-refractivity contribution in [3.05, 3.63) is 54.0 Å². The first-order valence-corrected chi connectivity index (χ1v) is 5.67. The molecule has 90 valence electrons. The summed E-state index contributed by atoms with van der Waals surface area (Å²) in [4.78, 5) is 0. The molecule has 1 unspecified atom stereocenters. The summed E-state index contributed by atoms with van der Waals surface area (Å²) in [7, 11) is 1.67. The lowest BCUT2D eigenvalue weighted by molar-refractivity contribution is 0.414. The summed E-state index contributed by atoms with van der Waals surface area (Å²) in [5.74, 6) is 0.872. The monoisotopic (exact) mass is 231 g/mol. The first kappa shape index (κ1) is 11.7. The standard InChI is InChI=1S/C14H17NO2/c1-16-14-4-2-11(3-5-14)8-13(15)9-12-6-7-17-10-12/h2-7,10,13H,8-9,15H2,1H3. The van der Waals surface area contributed by atoms with Crippen LogP contribution < -0.4 is 10.5 Å². The predicted molar refractivity (Wildman–Crippen MR) is 67.1 cm³/mol. The molecular weight excluding hydrogens is 214 g/mol. The van der Waals surface area contributed by atoms with Crippen LogP contribution >= 0.6 is 0 Å². The second kappa shape index (κ2) is 5.55. The fourth-order valence-electron chi connectivity index (χ4n) is 1.85. The summed E-state index contributed by atoms with van der Waals surface area (Å²) in [6.07, 6.45) is 5.11. The number of methoxy groups -OCH3 is 1. The molecule has 0 aliphatic rings. The Bertz CT molecular complexity index is 434. The molecule has 0 fully saturated rings. The largest absolute Gasteiger partial charge is 0.497 e. The van der Waals surface area contributed by atoms with Crippen molar-refractivity contribution in [1.82, 2.24) is 0 Å². The molecule has 0 aliphatic carbocycles. The molecule has 17 heavy (non-hydrogen) atoms. The first-order chi connectivity index (χ1) is 8.28. The number of nitrogens with two attached hydrogens (primary N) is 1. The van der Waals surface area contributed by atoms with Crippen LogP contribution in [0.15, 0.2) is 47.3 Å². The third kappa shape index (κ3) is 3.36. The van der Waals surface area contributed by atoms with Crippen LogP contribution in [0.3, 0.4) is 0 Å². The summed E-state index contributed by atoms with van der Waals surface area (Å²) in [6, 6.07) is 10.1. The van der Waals surface area contributed by atoms with Crippen molar-refractivity contribution < 1.29 is 9.15 Å². The van der Waals surface area contributed by atoms with Crippen molar-refractivity contribution in [2.45, 2.75) is 18.9 Å². The Morgan fingerprint density at radius 3 is 2.41 bits per heavy atom. The SMILES string of the molecule is COc1ccc(CC(N)Cc2ccoc2)cc1. The van der Waals surface area contributed by atoms with Gasteiger partial charge in [-0.2, -0.15) is 0 Å². The molecule has 1 atom stereocenters. The van der Waals surface area contributed by atoms with Gasteiger partial charge >= 0.3 is 0 Å². The highest BCUT2D eigenvalue weighted by Crippen LogP contribution is 2.13. The molecule has 1 heterocycles. The van der Waals surface area contributed by atoms with Crippen molar-refractivity contribution in [3.63, 3.8) is 0 Å². The molecule has 0 amide bonds. The maximum atomic E-state index is 6.09. The van der Waals surface area contributed by atoms with Gasteiger partial charge in [0.25, 0.3) is 0 Å². The van der Waals surface area contributed by atoms with E-state index in [1.165, 1.54) is 5.56 Å². The minimum absolute atomic E-state index is 0.112. The molecule has 0 saturated heterocycles. The molecule has 1 aromatic heterocycles. The van der Waals surface area contributed by atoms with Gasteiger partial charge in [-0.3, -0.25) is 0 Å². The number of hydrogen-bond donors (Lipinski definition) is 1. The Balaban J connectivity index is 1.91. The van der Waals surface area contributed by atoms with Crippen LogP contribution in [0, 0.1) is 0 Å². The van der Waals surface area contributed by atoms with Gasteiger partial charge < -0.3 is 14.9 Å². The second-order valence-electron chi connectivity index (χ2n) is 4.15. The lowest BCUT2D eigenvalue weighted by atomic mass is 10.0. The Morgan fingerprint density at radius 2 is 1.82 bits per heavy atom. The van der Waals surface area contributed by atoms with Gasteiger partial charge in [-0.15, -0.1) is 0 Å². The topological polar surface area (TPSA) is 48.4 Å². The lowest BCUT2D eigenvalue weighted by Crippen LogP contribution is -2.25. The van der Waals surface area contributed by atoms with Gasteiger partial charge in [-0.1, -0.05) is 12.1 Å². The van der Waals surface area contributed by atoms with Crippen LogP contribution in [0.4, 0.5) is 0 Å². The molecule has 2 N–H and O–H groups in total. The third-order valence-corrected chi connectivity index (χ3v) is 2.73. The number of hydrogen-bond acceptors (Lipinski definition) is 3. The minimum Gasteiger partial charge on any atom is -0.497 e. The highest BCUT2D eigenvalue weighted by molar-refractivity contribution is 5.27. The van der Waals surface area contributed by atoms with Crippen molar-refractivity contribution in [2.24, 2.45) is 5.73 Å². The van der Waals surface area contributed by atoms with Crippen LogP contribution in [-0.4, -0.2) is 13.2 Å². The number of benzene rings is 1. The maximum Gasteiger partial charge on any atom is 0.118 e. The highest BCUT2D eigenvalue weighted by atomic mass is 16.5. The lowest BCUT2D eigenvalue weighted by Gasteiger charge is -2.10. The smallest absolute Gasteiger partial charge is 0.118 e. The molecule has 1 aromatic carbocycles. The molecule has 0 saturated carbocycles. The zero-order chi connectivity index (χ0) is 12.1. The average molecular weight is 231 g/mol. The van der Waals surface area contributed by atoms with E-state index in [2.05, 4.69) is 0 Å². The molecule has 0 spiro atoms. The van der Waals surface area contributed by atoms with Gasteiger partial charge in [0, 0.05) is 6.04 Å². The van der Waals surface area contributed by atoms with E-state index >= 15 is 0 Å². The summed E-state index contributed by atoms with van der Waals surface area (Å²) < 4.78 is 10.1. The number of ether oxygens (including phenoxy) is 1. The van der Waals surface area contributed by atoms with Crippen LogP contribution in [0.25, 0.3) is 0 Å². The molecular formula is C14H17NO2. The third-order valence-electron chi connectivity index (χ3n) is 2.73. The first-order valence-electron chi connectivity index (χ1n) is 5.67. The van der Waals surface area contributed by atoms with Gasteiger partial charge in [-0.05, 0) is 42.2 Å². The molecule has 0 bridgehead atoms. The predicted octanol–water partition coefficient (Wildman–Crippen LogP) is 2.40. The Kier molecular flexibility index (Phi) is 3.83. The van der Waals surface area contributed by atoms with E-state index in [-0.39, 0.29) is 6.04 Å². The number of rotatable bonds is 5. The normalized spacial score (nSPS) is 12.4. The Morgan fingerprint density at radius 1 is 1.12 bits per heavy atom. The zero-order valence-corrected chi connectivity index (χ0v) is 9.93. The van der Waals surface area contributed by atoms with Gasteiger partial charge in [-0.25, -0.2) is 0 Å². The van der Waals surface area contributed by atoms with E-state index < -0.39 is 0 Å². The quantitative estimate of drug-likeness (QED) is 0.859. The molecule has 0 aliphatic heterocycles. The van der Waals surface area contributed by atoms with Crippen LogP contribution in [-0.2, 0) is 12.8 Å². The van der Waals surface area contributed by atoms with Gasteiger partial charge in [0.2, 0.25) is 0 Å². The van der Waals surface area contributed by atoms with Gasteiger partial charge in [0.1, 0.15) is 5.75 Å². The fraction of sp³-hybridized carbons (Fsp3) is 0.286. The van der Waals surface area contributed by atoms with Crippen molar-refractivity contribution >= 4 is 0 Å². The number of furan rings is 1. The summed E-state index contributed by atoms with van der Waals surface area (Å²) in [6.45, 7) is 0. The van der Waals surface area contributed by atoms with Crippen LogP contribution in [0.2, 0.25) is 0 Å². The Labute approximate surface area is 101 Å². The maximum absolute atomic E-state index is 6.09. The summed E-state index contributed by atoms with van der Waals surface area (Å²) >= 11 is 0. The molecule has 0 radical (unpaired) electrons. The van der Waals surface area contributed by atoms with Crippen LogP contribution in [0.5, 0.6) is 5.75 Å². The van der Waals surface area contributed by atoms with E-state index in [0.29, 0.717) is 0 Å². The summed E-state index contributed by atoms with van der Waals surface area (Å²) in [5.41, 5.74) is 8.46. The molecule has 3 heteroatoms. The Hall–Kier alpha value is -1.74. The van der Waals surface area contributed by atoms with E-state index in [1.54, 1.807) is 19.6 Å².